The molecule has 254 valence electrons. The quantitative estimate of drug-likeness (QED) is 0.0807. The van der Waals surface area contributed by atoms with Gasteiger partial charge in [0.2, 0.25) is 5.79 Å². The Labute approximate surface area is 285 Å². The van der Waals surface area contributed by atoms with Crippen molar-refractivity contribution in [1.29, 1.82) is 0 Å². The summed E-state index contributed by atoms with van der Waals surface area (Å²) in [5.74, 6) is -2.31. The molecule has 7 rings (SSSR count). The van der Waals surface area contributed by atoms with Crippen molar-refractivity contribution >= 4 is 62.8 Å². The van der Waals surface area contributed by atoms with Crippen LogP contribution < -0.4 is 15.6 Å². The normalized spacial score (nSPS) is 28.1. The third-order valence-electron chi connectivity index (χ3n) is 10.1. The number of hydrogen-bond acceptors (Lipinski definition) is 11. The second kappa shape index (κ2) is 11.6. The van der Waals surface area contributed by atoms with Crippen LogP contribution in [-0.4, -0.2) is 77.0 Å². The number of nitrogen functional groups attached to an aromatic ring is 1. The fourth-order valence-electron chi connectivity index (χ4n) is 7.71. The number of nitrogens with zero attached hydrogens (tertiary/aromatic N) is 5. The van der Waals surface area contributed by atoms with E-state index in [0.717, 1.165) is 41.6 Å². The molecule has 4 aliphatic rings. The van der Waals surface area contributed by atoms with Gasteiger partial charge in [-0.25, -0.2) is 14.8 Å². The molecule has 3 aromatic heterocycles. The van der Waals surface area contributed by atoms with Gasteiger partial charge in [-0.15, -0.1) is 23.1 Å². The number of aromatic nitrogens is 4. The first-order valence-electron chi connectivity index (χ1n) is 15.9. The number of aromatic amines is 1. The lowest BCUT2D eigenvalue weighted by Gasteiger charge is -2.49. The Morgan fingerprint density at radius 1 is 1.33 bits per heavy atom. The largest absolute Gasteiger partial charge is 0.477 e. The Hall–Kier alpha value is -4.02. The average molecular weight is 696 g/mol. The third kappa shape index (κ3) is 5.43. The summed E-state index contributed by atoms with van der Waals surface area (Å²) in [7, 11) is 0. The smallest absolute Gasteiger partial charge is 0.352 e. The number of amides is 2. The number of oxime groups is 1. The first kappa shape index (κ1) is 32.5. The molecule has 0 bridgehead atoms. The number of fused-ring (bicyclic) bond motifs is 3. The van der Waals surface area contributed by atoms with E-state index >= 15 is 0 Å². The third-order valence-corrected chi connectivity index (χ3v) is 12.1. The molecule has 48 heavy (non-hydrogen) atoms. The second-order valence-corrected chi connectivity index (χ2v) is 16.1. The zero-order valence-electron chi connectivity index (χ0n) is 27.4. The van der Waals surface area contributed by atoms with Crippen LogP contribution in [0.1, 0.15) is 59.6 Å². The lowest BCUT2D eigenvalue weighted by Crippen LogP contribution is -2.71. The van der Waals surface area contributed by atoms with Crippen molar-refractivity contribution in [3.63, 3.8) is 0 Å². The summed E-state index contributed by atoms with van der Waals surface area (Å²) in [6, 6.07) is 0.853. The Morgan fingerprint density at radius 3 is 2.85 bits per heavy atom. The van der Waals surface area contributed by atoms with Gasteiger partial charge in [0.15, 0.2) is 29.8 Å². The molecule has 2 aliphatic carbocycles. The van der Waals surface area contributed by atoms with Crippen LogP contribution in [-0.2, 0) is 30.5 Å². The fraction of sp³-hybridized carbons (Fsp3) is 0.531. The van der Waals surface area contributed by atoms with Crippen LogP contribution >= 0.6 is 23.1 Å². The molecule has 16 heteroatoms. The number of thioether (sulfide) groups is 1. The van der Waals surface area contributed by atoms with E-state index in [0.29, 0.717) is 23.2 Å². The van der Waals surface area contributed by atoms with Crippen molar-refractivity contribution in [2.45, 2.75) is 83.2 Å². The highest BCUT2D eigenvalue weighted by Gasteiger charge is 2.74. The molecule has 2 saturated carbocycles. The summed E-state index contributed by atoms with van der Waals surface area (Å²) in [4.78, 5) is 58.4. The van der Waals surface area contributed by atoms with E-state index in [1.54, 1.807) is 25.6 Å². The fourth-order valence-corrected chi connectivity index (χ4v) is 9.59. The van der Waals surface area contributed by atoms with Gasteiger partial charge in [0, 0.05) is 36.6 Å². The molecule has 0 aromatic carbocycles. The number of rotatable bonds is 10. The number of carbonyl (C=O) groups excluding carboxylic acids is 2. The molecule has 5 atom stereocenters. The first-order chi connectivity index (χ1) is 22.7. The van der Waals surface area contributed by atoms with Gasteiger partial charge in [-0.1, -0.05) is 32.3 Å². The van der Waals surface area contributed by atoms with E-state index in [4.69, 9.17) is 15.3 Å². The molecule has 14 nitrogen and oxygen atoms in total. The van der Waals surface area contributed by atoms with E-state index in [2.05, 4.69) is 46.2 Å². The highest BCUT2D eigenvalue weighted by molar-refractivity contribution is 8.00. The van der Waals surface area contributed by atoms with Gasteiger partial charge in [-0.3, -0.25) is 14.5 Å². The number of hydrogen-bond donors (Lipinski definition) is 4. The van der Waals surface area contributed by atoms with Crippen LogP contribution in [0, 0.1) is 17.3 Å². The van der Waals surface area contributed by atoms with Crippen LogP contribution in [0.15, 0.2) is 46.6 Å². The van der Waals surface area contributed by atoms with Gasteiger partial charge in [0.25, 0.3) is 11.8 Å². The number of nitrogens with one attached hydrogen (secondary N) is 2. The van der Waals surface area contributed by atoms with Crippen molar-refractivity contribution < 1.29 is 33.6 Å². The maximum absolute atomic E-state index is 13.7. The highest BCUT2D eigenvalue weighted by atomic mass is 32.2. The molecule has 2 amide bonds. The summed E-state index contributed by atoms with van der Waals surface area (Å²) < 4.78 is 8.51. The zero-order chi connectivity index (χ0) is 34.2. The number of aliphatic carboxylic acids is 1. The topological polar surface area (TPSA) is 189 Å². The predicted molar refractivity (Wildman–Crippen MR) is 178 cm³/mol. The molecule has 5 heterocycles. The van der Waals surface area contributed by atoms with Gasteiger partial charge >= 0.3 is 5.97 Å². The number of carboxylic acids is 1. The van der Waals surface area contributed by atoms with Gasteiger partial charge in [0.05, 0.1) is 11.9 Å². The van der Waals surface area contributed by atoms with Crippen LogP contribution in [0.2, 0.25) is 0 Å². The summed E-state index contributed by atoms with van der Waals surface area (Å²) >= 11 is 2.53. The molecule has 4 unspecified atom stereocenters. The summed E-state index contributed by atoms with van der Waals surface area (Å²) in [6.45, 7) is 10.5. The summed E-state index contributed by atoms with van der Waals surface area (Å²) in [6.07, 6.45) is 8.41. The predicted octanol–water partition coefficient (Wildman–Crippen LogP) is 3.02. The Bertz CT molecular complexity index is 1880. The van der Waals surface area contributed by atoms with E-state index < -0.39 is 35.0 Å². The van der Waals surface area contributed by atoms with Gasteiger partial charge in [-0.2, -0.15) is 4.57 Å². The van der Waals surface area contributed by atoms with Gasteiger partial charge in [0.1, 0.15) is 33.8 Å². The number of carbonyl (C=O) groups is 3. The van der Waals surface area contributed by atoms with Crippen molar-refractivity contribution in [2.24, 2.45) is 22.4 Å². The monoisotopic (exact) mass is 695 g/mol. The van der Waals surface area contributed by atoms with Crippen molar-refractivity contribution in [3.8, 4) is 0 Å². The highest BCUT2D eigenvalue weighted by Crippen LogP contribution is 2.71. The molecular formula is C32H39N8O6S2+. The number of β-lactam (4-membered cyclic amide) rings is 1. The van der Waals surface area contributed by atoms with Crippen LogP contribution in [0.5, 0.6) is 0 Å². The molecular weight excluding hydrogens is 657 g/mol. The molecule has 3 fully saturated rings. The Kier molecular flexibility index (Phi) is 7.83. The molecule has 2 aliphatic heterocycles. The SMILES string of the molecule is CC1CCC2C(C)(C)C2(OC(C)(C)ON=C(C(=O)NC2C(=O)N3C(C(=O)O)=C(C[n+]4ccc5nc[nH]c5c4)CS[C@@H]23)c2csc(N)n2)C1. The second-order valence-electron chi connectivity index (χ2n) is 14.1. The number of nitrogens with two attached hydrogens (primary N) is 1. The van der Waals surface area contributed by atoms with Crippen LogP contribution in [0.4, 0.5) is 5.13 Å². The number of carboxylic acid groups (broad SMARTS) is 1. The van der Waals surface area contributed by atoms with Crippen molar-refractivity contribution in [2.75, 3.05) is 11.5 Å². The van der Waals surface area contributed by atoms with Crippen molar-refractivity contribution in [1.82, 2.24) is 25.2 Å². The lowest BCUT2D eigenvalue weighted by atomic mass is 9.88. The number of pyridine rings is 1. The number of H-pyrrole nitrogens is 1. The number of anilines is 1. The van der Waals surface area contributed by atoms with E-state index in [9.17, 15) is 19.5 Å². The summed E-state index contributed by atoms with van der Waals surface area (Å²) in [5, 5.41) is 18.4. The first-order valence-corrected chi connectivity index (χ1v) is 17.8. The minimum atomic E-state index is -1.21. The maximum atomic E-state index is 13.7. The summed E-state index contributed by atoms with van der Waals surface area (Å²) in [5.41, 5.74) is 7.68. The van der Waals surface area contributed by atoms with Crippen LogP contribution in [0.3, 0.4) is 0 Å². The maximum Gasteiger partial charge on any atom is 0.352 e. The van der Waals surface area contributed by atoms with E-state index in [1.807, 2.05) is 23.0 Å². The van der Waals surface area contributed by atoms with Crippen molar-refractivity contribution in [3.05, 3.63) is 47.1 Å². The lowest BCUT2D eigenvalue weighted by molar-refractivity contribution is -0.687. The minimum absolute atomic E-state index is 0.00509. The number of thiazole rings is 1. The molecule has 0 radical (unpaired) electrons. The van der Waals surface area contributed by atoms with E-state index in [-0.39, 0.29) is 39.8 Å². The Balaban J connectivity index is 1.08. The average Bonchev–Trinajstić information content (AvgIpc) is 3.44. The standard InChI is InChI=1S/C32H38N8O6S2/c1-16-6-7-21-30(2,3)32(21,10-16)45-31(4,5)46-38-22(20-14-48-29(33)36-20)25(41)37-23-26(42)40-24(28(43)44)17(13-47-27(23)40)11-39-9-8-18-19(12-39)35-15-34-18/h8-9,12,14-16,21,23,27H,6-7,10-11,13H2,1-5H3,(H4,33,36,37,41,43,44)/p+1/t16?,21?,23?,27-,32?/m0/s1. The number of imidazole rings is 1. The molecule has 5 N–H and O–H groups in total. The van der Waals surface area contributed by atoms with Crippen LogP contribution in [0.25, 0.3) is 11.0 Å². The van der Waals surface area contributed by atoms with E-state index in [1.165, 1.54) is 16.7 Å². The zero-order valence-corrected chi connectivity index (χ0v) is 29.0. The molecule has 0 spiro atoms. The molecule has 3 aromatic rings. The van der Waals surface area contributed by atoms with Gasteiger partial charge in [-0.05, 0) is 30.1 Å². The number of ether oxygens (including phenoxy) is 1. The minimum Gasteiger partial charge on any atom is -0.477 e. The Morgan fingerprint density at radius 2 is 2.12 bits per heavy atom. The van der Waals surface area contributed by atoms with Gasteiger partial charge < -0.3 is 30.7 Å². The molecule has 1 saturated heterocycles.